The van der Waals surface area contributed by atoms with E-state index in [4.69, 9.17) is 4.74 Å². The lowest BCUT2D eigenvalue weighted by atomic mass is 9.98. The molecule has 0 aliphatic heterocycles. The van der Waals surface area contributed by atoms with Crippen molar-refractivity contribution in [2.24, 2.45) is 0 Å². The molecule has 1 aromatic carbocycles. The van der Waals surface area contributed by atoms with E-state index in [0.717, 1.165) is 12.2 Å². The highest BCUT2D eigenvalue weighted by Gasteiger charge is 2.15. The van der Waals surface area contributed by atoms with Gasteiger partial charge in [-0.15, -0.1) is 0 Å². The Morgan fingerprint density at radius 3 is 2.47 bits per heavy atom. The van der Waals surface area contributed by atoms with Crippen molar-refractivity contribution < 1.29 is 4.74 Å². The number of aryl methyl sites for hydroxylation is 2. The van der Waals surface area contributed by atoms with E-state index in [2.05, 4.69) is 37.9 Å². The summed E-state index contributed by atoms with van der Waals surface area (Å²) in [5, 5.41) is 0. The summed E-state index contributed by atoms with van der Waals surface area (Å²) in [6, 6.07) is 8.19. The fourth-order valence-electron chi connectivity index (χ4n) is 2.49. The van der Waals surface area contributed by atoms with E-state index >= 15 is 0 Å². The quantitative estimate of drug-likeness (QED) is 0.849. The van der Waals surface area contributed by atoms with E-state index in [1.165, 1.54) is 28.1 Å². The molecule has 2 aromatic rings. The van der Waals surface area contributed by atoms with Gasteiger partial charge >= 0.3 is 0 Å². The third kappa shape index (κ3) is 1.95. The lowest BCUT2D eigenvalue weighted by Gasteiger charge is -2.10. The monoisotopic (exact) mass is 229 g/mol. The second kappa shape index (κ2) is 4.66. The minimum atomic E-state index is 0.935. The Morgan fingerprint density at radius 2 is 1.82 bits per heavy atom. The number of aromatic amines is 1. The Labute approximate surface area is 103 Å². The zero-order valence-corrected chi connectivity index (χ0v) is 10.9. The Kier molecular flexibility index (Phi) is 3.23. The Balaban J connectivity index is 2.67. The van der Waals surface area contributed by atoms with Gasteiger partial charge in [-0.05, 0) is 31.9 Å². The molecular weight excluding hydrogens is 210 g/mol. The first-order chi connectivity index (χ1) is 8.19. The molecule has 1 aromatic heterocycles. The molecule has 0 fully saturated rings. The van der Waals surface area contributed by atoms with E-state index in [-0.39, 0.29) is 0 Å². The summed E-state index contributed by atoms with van der Waals surface area (Å²) in [5.41, 5.74) is 6.32. The number of benzene rings is 1. The van der Waals surface area contributed by atoms with E-state index in [1.54, 1.807) is 7.11 Å². The van der Waals surface area contributed by atoms with Gasteiger partial charge in [0.1, 0.15) is 5.75 Å². The molecule has 0 atom stereocenters. The molecule has 0 aliphatic carbocycles. The first kappa shape index (κ1) is 11.8. The van der Waals surface area contributed by atoms with Crippen LogP contribution in [0.15, 0.2) is 24.3 Å². The van der Waals surface area contributed by atoms with Crippen LogP contribution in [0.1, 0.15) is 23.9 Å². The molecule has 0 unspecified atom stereocenters. The van der Waals surface area contributed by atoms with Gasteiger partial charge in [0.2, 0.25) is 0 Å². The topological polar surface area (TPSA) is 25.0 Å². The standard InChI is InChI=1S/C15H19NO/c1-5-12-10(2)16-11(3)15(12)13-8-6-7-9-14(13)17-4/h6-9,16H,5H2,1-4H3. The number of ether oxygens (including phenoxy) is 1. The third-order valence-corrected chi connectivity index (χ3v) is 3.23. The van der Waals surface area contributed by atoms with Gasteiger partial charge in [-0.1, -0.05) is 25.1 Å². The van der Waals surface area contributed by atoms with Crippen LogP contribution in [0.2, 0.25) is 0 Å². The zero-order valence-electron chi connectivity index (χ0n) is 10.9. The van der Waals surface area contributed by atoms with Crippen LogP contribution in [0.5, 0.6) is 5.75 Å². The number of methoxy groups -OCH3 is 1. The highest BCUT2D eigenvalue weighted by atomic mass is 16.5. The predicted octanol–water partition coefficient (Wildman–Crippen LogP) is 3.87. The Bertz CT molecular complexity index is 526. The number of H-pyrrole nitrogens is 1. The maximum absolute atomic E-state index is 5.45. The molecule has 2 nitrogen and oxygen atoms in total. The third-order valence-electron chi connectivity index (χ3n) is 3.23. The van der Waals surface area contributed by atoms with Gasteiger partial charge in [0, 0.05) is 22.5 Å². The van der Waals surface area contributed by atoms with Crippen LogP contribution in [-0.4, -0.2) is 12.1 Å². The van der Waals surface area contributed by atoms with Crippen molar-refractivity contribution in [3.63, 3.8) is 0 Å². The van der Waals surface area contributed by atoms with Crippen LogP contribution in [0, 0.1) is 13.8 Å². The van der Waals surface area contributed by atoms with Gasteiger partial charge in [-0.3, -0.25) is 0 Å². The number of nitrogens with one attached hydrogen (secondary N) is 1. The molecule has 0 amide bonds. The molecule has 1 N–H and O–H groups in total. The second-order valence-electron chi connectivity index (χ2n) is 4.28. The summed E-state index contributed by atoms with van der Waals surface area (Å²) in [5.74, 6) is 0.935. The molecule has 2 heteroatoms. The first-order valence-corrected chi connectivity index (χ1v) is 6.00. The fraction of sp³-hybridized carbons (Fsp3) is 0.333. The molecular formula is C15H19NO. The Morgan fingerprint density at radius 1 is 1.12 bits per heavy atom. The van der Waals surface area contributed by atoms with Gasteiger partial charge < -0.3 is 9.72 Å². The minimum Gasteiger partial charge on any atom is -0.496 e. The summed E-state index contributed by atoms with van der Waals surface area (Å²) in [4.78, 5) is 3.42. The SMILES string of the molecule is CCc1c(C)[nH]c(C)c1-c1ccccc1OC. The van der Waals surface area contributed by atoms with Gasteiger partial charge in [0.15, 0.2) is 0 Å². The van der Waals surface area contributed by atoms with Crippen LogP contribution in [0.3, 0.4) is 0 Å². The predicted molar refractivity (Wildman–Crippen MR) is 71.6 cm³/mol. The van der Waals surface area contributed by atoms with Crippen LogP contribution >= 0.6 is 0 Å². The van der Waals surface area contributed by atoms with Crippen LogP contribution in [-0.2, 0) is 6.42 Å². The van der Waals surface area contributed by atoms with Crippen LogP contribution < -0.4 is 4.74 Å². The summed E-state index contributed by atoms with van der Waals surface area (Å²) >= 11 is 0. The lowest BCUT2D eigenvalue weighted by Crippen LogP contribution is -1.91. The molecule has 0 bridgehead atoms. The highest BCUT2D eigenvalue weighted by molar-refractivity contribution is 5.76. The van der Waals surface area contributed by atoms with E-state index < -0.39 is 0 Å². The van der Waals surface area contributed by atoms with Crippen molar-refractivity contribution in [2.75, 3.05) is 7.11 Å². The molecule has 1 heterocycles. The highest BCUT2D eigenvalue weighted by Crippen LogP contribution is 2.36. The van der Waals surface area contributed by atoms with Crippen molar-refractivity contribution in [3.8, 4) is 16.9 Å². The molecule has 17 heavy (non-hydrogen) atoms. The number of hydrogen-bond donors (Lipinski definition) is 1. The molecule has 0 aliphatic rings. The van der Waals surface area contributed by atoms with E-state index in [0.29, 0.717) is 0 Å². The largest absolute Gasteiger partial charge is 0.496 e. The molecule has 0 radical (unpaired) electrons. The lowest BCUT2D eigenvalue weighted by molar-refractivity contribution is 0.416. The average Bonchev–Trinajstić information content (AvgIpc) is 2.63. The summed E-state index contributed by atoms with van der Waals surface area (Å²) < 4.78 is 5.45. The summed E-state index contributed by atoms with van der Waals surface area (Å²) in [6.45, 7) is 6.44. The van der Waals surface area contributed by atoms with Crippen molar-refractivity contribution in [3.05, 3.63) is 41.2 Å². The van der Waals surface area contributed by atoms with Crippen LogP contribution in [0.4, 0.5) is 0 Å². The first-order valence-electron chi connectivity index (χ1n) is 6.00. The number of rotatable bonds is 3. The number of hydrogen-bond acceptors (Lipinski definition) is 1. The number of para-hydroxylation sites is 1. The van der Waals surface area contributed by atoms with Crippen molar-refractivity contribution in [2.45, 2.75) is 27.2 Å². The van der Waals surface area contributed by atoms with Gasteiger partial charge in [0.25, 0.3) is 0 Å². The number of aromatic nitrogens is 1. The van der Waals surface area contributed by atoms with E-state index in [1.807, 2.05) is 12.1 Å². The fourth-order valence-corrected chi connectivity index (χ4v) is 2.49. The van der Waals surface area contributed by atoms with Gasteiger partial charge in [-0.25, -0.2) is 0 Å². The molecule has 0 saturated carbocycles. The smallest absolute Gasteiger partial charge is 0.126 e. The summed E-state index contributed by atoms with van der Waals surface area (Å²) in [6.07, 6.45) is 1.03. The molecule has 0 saturated heterocycles. The van der Waals surface area contributed by atoms with Crippen molar-refractivity contribution in [1.29, 1.82) is 0 Å². The molecule has 0 spiro atoms. The van der Waals surface area contributed by atoms with Crippen molar-refractivity contribution in [1.82, 2.24) is 4.98 Å². The summed E-state index contributed by atoms with van der Waals surface area (Å²) in [7, 11) is 1.72. The maximum Gasteiger partial charge on any atom is 0.126 e. The maximum atomic E-state index is 5.45. The van der Waals surface area contributed by atoms with Gasteiger partial charge in [-0.2, -0.15) is 0 Å². The van der Waals surface area contributed by atoms with Crippen molar-refractivity contribution >= 4 is 0 Å². The van der Waals surface area contributed by atoms with E-state index in [9.17, 15) is 0 Å². The molecule has 90 valence electrons. The minimum absolute atomic E-state index is 0.935. The zero-order chi connectivity index (χ0) is 12.4. The Hall–Kier alpha value is -1.70. The normalized spacial score (nSPS) is 10.6. The van der Waals surface area contributed by atoms with Crippen LogP contribution in [0.25, 0.3) is 11.1 Å². The second-order valence-corrected chi connectivity index (χ2v) is 4.28. The molecule has 2 rings (SSSR count). The average molecular weight is 229 g/mol. The van der Waals surface area contributed by atoms with Gasteiger partial charge in [0.05, 0.1) is 7.11 Å².